The van der Waals surface area contributed by atoms with Crippen molar-refractivity contribution in [3.63, 3.8) is 0 Å². The largest absolute Gasteiger partial charge is 0.378 e. The molecule has 0 amide bonds. The van der Waals surface area contributed by atoms with Crippen molar-refractivity contribution in [3.8, 4) is 11.4 Å². The Balaban J connectivity index is 2.48. The van der Waals surface area contributed by atoms with Crippen LogP contribution in [-0.2, 0) is 11.3 Å². The highest BCUT2D eigenvalue weighted by Gasteiger charge is 2.11. The first kappa shape index (κ1) is 12.0. The second kappa shape index (κ2) is 5.23. The number of nitrogens with zero attached hydrogens (tertiary/aromatic N) is 2. The van der Waals surface area contributed by atoms with Crippen LogP contribution in [0.3, 0.4) is 0 Å². The smallest absolute Gasteiger partial charge is 0.162 e. The van der Waals surface area contributed by atoms with Gasteiger partial charge in [-0.15, -0.1) is 0 Å². The second-order valence-corrected chi connectivity index (χ2v) is 4.97. The minimum Gasteiger partial charge on any atom is -0.378 e. The summed E-state index contributed by atoms with van der Waals surface area (Å²) in [6, 6.07) is 1.96. The number of aromatic nitrogens is 2. The number of rotatable bonds is 3. The average molecular weight is 320 g/mol. The zero-order valence-electron chi connectivity index (χ0n) is 8.41. The average Bonchev–Trinajstić information content (AvgIpc) is 2.78. The van der Waals surface area contributed by atoms with Crippen LogP contribution in [0.25, 0.3) is 11.4 Å². The molecule has 0 saturated heterocycles. The Morgan fingerprint density at radius 2 is 2.31 bits per heavy atom. The van der Waals surface area contributed by atoms with Crippen LogP contribution in [0.4, 0.5) is 0 Å². The molecule has 0 N–H and O–H groups in total. The van der Waals surface area contributed by atoms with Crippen molar-refractivity contribution in [2.75, 3.05) is 7.11 Å². The van der Waals surface area contributed by atoms with Gasteiger partial charge in [-0.3, -0.25) is 0 Å². The van der Waals surface area contributed by atoms with E-state index in [1.807, 2.05) is 16.8 Å². The summed E-state index contributed by atoms with van der Waals surface area (Å²) in [6.07, 6.45) is 0. The Bertz CT molecular complexity index is 490. The Kier molecular flexibility index (Phi) is 3.91. The van der Waals surface area contributed by atoms with Crippen molar-refractivity contribution in [3.05, 3.63) is 32.1 Å². The van der Waals surface area contributed by atoms with Gasteiger partial charge < -0.3 is 4.74 Å². The van der Waals surface area contributed by atoms with Crippen LogP contribution in [0.2, 0.25) is 5.15 Å². The van der Waals surface area contributed by atoms with E-state index in [1.54, 1.807) is 18.4 Å². The van der Waals surface area contributed by atoms with Crippen molar-refractivity contribution in [1.82, 2.24) is 9.97 Å². The summed E-state index contributed by atoms with van der Waals surface area (Å²) in [6.45, 7) is 0.403. The molecule has 6 heteroatoms. The number of hydrogen-bond acceptors (Lipinski definition) is 4. The highest BCUT2D eigenvalue weighted by Crippen LogP contribution is 2.28. The van der Waals surface area contributed by atoms with Crippen molar-refractivity contribution in [2.24, 2.45) is 0 Å². The molecule has 2 aromatic rings. The number of ether oxygens (including phenoxy) is 1. The minimum atomic E-state index is 0.403. The highest BCUT2D eigenvalue weighted by atomic mass is 79.9. The first-order chi connectivity index (χ1) is 7.72. The zero-order valence-corrected chi connectivity index (χ0v) is 11.6. The molecule has 0 aliphatic rings. The monoisotopic (exact) mass is 318 g/mol. The van der Waals surface area contributed by atoms with Gasteiger partial charge in [-0.25, -0.2) is 9.97 Å². The van der Waals surface area contributed by atoms with Gasteiger partial charge in [0.15, 0.2) is 5.82 Å². The molecule has 0 aliphatic carbocycles. The second-order valence-electron chi connectivity index (χ2n) is 3.04. The summed E-state index contributed by atoms with van der Waals surface area (Å²) in [4.78, 5) is 8.62. The van der Waals surface area contributed by atoms with Gasteiger partial charge in [0.2, 0.25) is 0 Å². The Labute approximate surface area is 111 Å². The lowest BCUT2D eigenvalue weighted by molar-refractivity contribution is 0.181. The highest BCUT2D eigenvalue weighted by molar-refractivity contribution is 9.10. The summed E-state index contributed by atoms with van der Waals surface area (Å²) in [5, 5.41) is 4.36. The molecular formula is C10H8BrClN2OS. The fourth-order valence-electron chi connectivity index (χ4n) is 1.22. The molecule has 0 saturated carbocycles. The van der Waals surface area contributed by atoms with Crippen LogP contribution < -0.4 is 0 Å². The van der Waals surface area contributed by atoms with Crippen molar-refractivity contribution in [1.29, 1.82) is 0 Å². The van der Waals surface area contributed by atoms with Gasteiger partial charge in [0, 0.05) is 18.1 Å². The lowest BCUT2D eigenvalue weighted by Crippen LogP contribution is -1.99. The molecule has 0 spiro atoms. The van der Waals surface area contributed by atoms with Crippen LogP contribution in [-0.4, -0.2) is 17.1 Å². The quantitative estimate of drug-likeness (QED) is 0.808. The maximum absolute atomic E-state index is 6.02. The van der Waals surface area contributed by atoms with E-state index in [9.17, 15) is 0 Å². The van der Waals surface area contributed by atoms with E-state index in [4.69, 9.17) is 16.3 Å². The van der Waals surface area contributed by atoms with Crippen LogP contribution in [0.1, 0.15) is 5.69 Å². The van der Waals surface area contributed by atoms with Gasteiger partial charge in [-0.05, 0) is 27.4 Å². The summed E-state index contributed by atoms with van der Waals surface area (Å²) in [5.74, 6) is 0.626. The maximum Gasteiger partial charge on any atom is 0.162 e. The molecule has 2 heterocycles. The van der Waals surface area contributed by atoms with E-state index >= 15 is 0 Å². The number of methoxy groups -OCH3 is 1. The normalized spacial score (nSPS) is 10.7. The lowest BCUT2D eigenvalue weighted by atomic mass is 10.3. The minimum absolute atomic E-state index is 0.403. The lowest BCUT2D eigenvalue weighted by Gasteiger charge is -2.06. The third-order valence-electron chi connectivity index (χ3n) is 1.94. The van der Waals surface area contributed by atoms with E-state index < -0.39 is 0 Å². The van der Waals surface area contributed by atoms with Crippen molar-refractivity contribution in [2.45, 2.75) is 6.61 Å². The number of halogens is 2. The first-order valence-electron chi connectivity index (χ1n) is 4.45. The molecule has 84 valence electrons. The first-order valence-corrected chi connectivity index (χ1v) is 6.57. The molecule has 0 bridgehead atoms. The van der Waals surface area contributed by atoms with Crippen LogP contribution in [0.5, 0.6) is 0 Å². The molecule has 2 aromatic heterocycles. The van der Waals surface area contributed by atoms with Crippen LogP contribution in [0.15, 0.2) is 21.3 Å². The Morgan fingerprint density at radius 1 is 1.50 bits per heavy atom. The Morgan fingerprint density at radius 3 is 2.94 bits per heavy atom. The van der Waals surface area contributed by atoms with E-state index in [0.717, 1.165) is 11.3 Å². The molecule has 16 heavy (non-hydrogen) atoms. The molecule has 0 radical (unpaired) electrons. The van der Waals surface area contributed by atoms with E-state index in [2.05, 4.69) is 25.9 Å². The molecule has 2 rings (SSSR count). The van der Waals surface area contributed by atoms with Gasteiger partial charge >= 0.3 is 0 Å². The molecule has 3 nitrogen and oxygen atoms in total. The summed E-state index contributed by atoms with van der Waals surface area (Å²) in [5.41, 5.74) is 1.72. The van der Waals surface area contributed by atoms with Gasteiger partial charge in [0.1, 0.15) is 5.15 Å². The van der Waals surface area contributed by atoms with E-state index in [1.165, 1.54) is 0 Å². The SMILES string of the molecule is COCc1nc(-c2ccsc2)nc(Cl)c1Br. The van der Waals surface area contributed by atoms with Crippen LogP contribution in [0, 0.1) is 0 Å². The van der Waals surface area contributed by atoms with Crippen molar-refractivity contribution < 1.29 is 4.74 Å². The van der Waals surface area contributed by atoms with Gasteiger partial charge in [0.05, 0.1) is 16.8 Å². The fraction of sp³-hybridized carbons (Fsp3) is 0.200. The predicted molar refractivity (Wildman–Crippen MR) is 68.8 cm³/mol. The molecule has 0 fully saturated rings. The topological polar surface area (TPSA) is 35.0 Å². The van der Waals surface area contributed by atoms with E-state index in [-0.39, 0.29) is 0 Å². The third kappa shape index (κ3) is 2.43. The summed E-state index contributed by atoms with van der Waals surface area (Å²) < 4.78 is 5.75. The molecule has 0 atom stereocenters. The fourth-order valence-corrected chi connectivity index (χ4v) is 2.33. The summed E-state index contributed by atoms with van der Waals surface area (Å²) >= 11 is 11.0. The summed E-state index contributed by atoms with van der Waals surface area (Å²) in [7, 11) is 1.62. The number of hydrogen-bond donors (Lipinski definition) is 0. The van der Waals surface area contributed by atoms with Crippen molar-refractivity contribution >= 4 is 38.9 Å². The molecule has 0 unspecified atom stereocenters. The van der Waals surface area contributed by atoms with Crippen LogP contribution >= 0.6 is 38.9 Å². The van der Waals surface area contributed by atoms with Gasteiger partial charge in [-0.2, -0.15) is 11.3 Å². The zero-order chi connectivity index (χ0) is 11.5. The Hall–Kier alpha value is -0.490. The third-order valence-corrected chi connectivity index (χ3v) is 3.96. The molecule has 0 aliphatic heterocycles. The standard InChI is InChI=1S/C10H8BrClN2OS/c1-15-4-7-8(11)9(12)14-10(13-7)6-2-3-16-5-6/h2-3,5H,4H2,1H3. The number of thiophene rings is 1. The molecular weight excluding hydrogens is 312 g/mol. The molecule has 0 aromatic carbocycles. The maximum atomic E-state index is 6.02. The van der Waals surface area contributed by atoms with Gasteiger partial charge in [0.25, 0.3) is 0 Å². The predicted octanol–water partition coefficient (Wildman–Crippen LogP) is 3.77. The van der Waals surface area contributed by atoms with E-state index in [0.29, 0.717) is 22.1 Å². The van der Waals surface area contributed by atoms with Gasteiger partial charge in [-0.1, -0.05) is 11.6 Å².